The summed E-state index contributed by atoms with van der Waals surface area (Å²) >= 11 is 0. The van der Waals surface area contributed by atoms with Crippen LogP contribution in [-0.4, -0.2) is 22.8 Å². The average molecular weight is 220 g/mol. The van der Waals surface area contributed by atoms with Crippen molar-refractivity contribution in [2.75, 3.05) is 6.61 Å². The van der Waals surface area contributed by atoms with Gasteiger partial charge in [-0.3, -0.25) is 5.10 Å². The van der Waals surface area contributed by atoms with Crippen LogP contribution >= 0.6 is 0 Å². The zero-order valence-corrected chi connectivity index (χ0v) is 9.51. The molecule has 1 saturated carbocycles. The van der Waals surface area contributed by atoms with E-state index in [9.17, 15) is 4.79 Å². The first-order valence-corrected chi connectivity index (χ1v) is 5.97. The summed E-state index contributed by atoms with van der Waals surface area (Å²) in [4.78, 5) is 11.7. The summed E-state index contributed by atoms with van der Waals surface area (Å²) in [6.45, 7) is 2.23. The van der Waals surface area contributed by atoms with Crippen molar-refractivity contribution in [3.05, 3.63) is 17.0 Å². The Bertz CT molecular complexity index is 432. The van der Waals surface area contributed by atoms with Gasteiger partial charge in [0.05, 0.1) is 6.61 Å². The summed E-state index contributed by atoms with van der Waals surface area (Å²) in [5.41, 5.74) is 3.27. The van der Waals surface area contributed by atoms with E-state index in [4.69, 9.17) is 4.74 Å². The third-order valence-corrected chi connectivity index (χ3v) is 3.84. The van der Waals surface area contributed by atoms with Crippen LogP contribution in [0.3, 0.4) is 0 Å². The van der Waals surface area contributed by atoms with Crippen LogP contribution in [0.15, 0.2) is 0 Å². The molecule has 1 heterocycles. The van der Waals surface area contributed by atoms with Crippen LogP contribution in [0.5, 0.6) is 0 Å². The number of carbonyl (C=O) groups excluding carboxylic acids is 1. The van der Waals surface area contributed by atoms with E-state index in [1.54, 1.807) is 0 Å². The molecule has 16 heavy (non-hydrogen) atoms. The number of aromatic amines is 1. The molecule has 0 amide bonds. The average Bonchev–Trinajstić information content (AvgIpc) is 2.89. The molecule has 1 N–H and O–H groups in total. The van der Waals surface area contributed by atoms with E-state index in [-0.39, 0.29) is 5.97 Å². The molecular formula is C12H16N2O2. The van der Waals surface area contributed by atoms with E-state index < -0.39 is 0 Å². The fourth-order valence-corrected chi connectivity index (χ4v) is 2.62. The zero-order valence-electron chi connectivity index (χ0n) is 9.51. The van der Waals surface area contributed by atoms with Gasteiger partial charge in [0, 0.05) is 11.3 Å². The molecule has 1 aromatic rings. The fraction of sp³-hybridized carbons (Fsp3) is 0.667. The van der Waals surface area contributed by atoms with Crippen molar-refractivity contribution in [1.82, 2.24) is 10.2 Å². The number of fused-ring (bicyclic) bond motifs is 1. The van der Waals surface area contributed by atoms with Crippen LogP contribution in [0.25, 0.3) is 0 Å². The monoisotopic (exact) mass is 220 g/mol. The van der Waals surface area contributed by atoms with Crippen LogP contribution in [-0.2, 0) is 17.6 Å². The Morgan fingerprint density at radius 2 is 2.31 bits per heavy atom. The molecule has 1 spiro atoms. The number of rotatable bonds is 2. The number of H-pyrrole nitrogens is 1. The van der Waals surface area contributed by atoms with Gasteiger partial charge in [0.25, 0.3) is 0 Å². The molecule has 2 aliphatic carbocycles. The van der Waals surface area contributed by atoms with Gasteiger partial charge in [-0.1, -0.05) is 0 Å². The number of nitrogens with zero attached hydrogens (tertiary/aromatic N) is 1. The highest BCUT2D eigenvalue weighted by Gasteiger charge is 2.46. The summed E-state index contributed by atoms with van der Waals surface area (Å²) in [7, 11) is 0. The van der Waals surface area contributed by atoms with Crippen molar-refractivity contribution in [1.29, 1.82) is 0 Å². The number of carbonyl (C=O) groups is 1. The lowest BCUT2D eigenvalue weighted by atomic mass is 9.84. The number of ether oxygens (including phenoxy) is 1. The number of nitrogens with one attached hydrogen (secondary N) is 1. The third-order valence-electron chi connectivity index (χ3n) is 3.84. The first-order valence-electron chi connectivity index (χ1n) is 5.97. The maximum absolute atomic E-state index is 11.7. The van der Waals surface area contributed by atoms with Crippen molar-refractivity contribution >= 4 is 5.97 Å². The van der Waals surface area contributed by atoms with Crippen LogP contribution in [0, 0.1) is 5.41 Å². The van der Waals surface area contributed by atoms with Gasteiger partial charge in [0.1, 0.15) is 0 Å². The summed E-state index contributed by atoms with van der Waals surface area (Å²) in [6, 6.07) is 0. The molecule has 2 aliphatic rings. The lowest BCUT2D eigenvalue weighted by Gasteiger charge is -2.20. The van der Waals surface area contributed by atoms with E-state index in [0.29, 0.717) is 17.7 Å². The van der Waals surface area contributed by atoms with Gasteiger partial charge in [0.15, 0.2) is 5.69 Å². The van der Waals surface area contributed by atoms with Crippen LogP contribution < -0.4 is 0 Å². The molecule has 4 nitrogen and oxygen atoms in total. The predicted octanol–water partition coefficient (Wildman–Crippen LogP) is 1.86. The molecule has 0 bridgehead atoms. The maximum Gasteiger partial charge on any atom is 0.359 e. The smallest absolute Gasteiger partial charge is 0.359 e. The summed E-state index contributed by atoms with van der Waals surface area (Å²) in [6.07, 6.45) is 5.89. The molecule has 0 saturated heterocycles. The Balaban J connectivity index is 1.90. The third kappa shape index (κ3) is 1.44. The van der Waals surface area contributed by atoms with Crippen molar-refractivity contribution in [3.63, 3.8) is 0 Å². The Hall–Kier alpha value is -1.32. The molecule has 3 rings (SSSR count). The Labute approximate surface area is 94.4 Å². The Morgan fingerprint density at radius 1 is 1.50 bits per heavy atom. The van der Waals surface area contributed by atoms with E-state index in [2.05, 4.69) is 10.2 Å². The Kier molecular flexibility index (Phi) is 2.06. The summed E-state index contributed by atoms with van der Waals surface area (Å²) < 4.78 is 5.02. The second kappa shape index (κ2) is 3.34. The minimum absolute atomic E-state index is 0.280. The molecule has 0 aromatic carbocycles. The summed E-state index contributed by atoms with van der Waals surface area (Å²) in [5.74, 6) is -0.280. The first kappa shape index (κ1) is 9.87. The molecule has 1 fully saturated rings. The number of hydrogen-bond donors (Lipinski definition) is 1. The summed E-state index contributed by atoms with van der Waals surface area (Å²) in [5, 5.41) is 7.09. The van der Waals surface area contributed by atoms with Crippen molar-refractivity contribution in [2.24, 2.45) is 5.41 Å². The molecule has 86 valence electrons. The molecule has 0 atom stereocenters. The molecule has 4 heteroatoms. The van der Waals surface area contributed by atoms with E-state index in [1.165, 1.54) is 19.3 Å². The van der Waals surface area contributed by atoms with Crippen molar-refractivity contribution < 1.29 is 9.53 Å². The highest BCUT2D eigenvalue weighted by Crippen LogP contribution is 2.54. The van der Waals surface area contributed by atoms with E-state index in [0.717, 1.165) is 24.1 Å². The fourth-order valence-electron chi connectivity index (χ4n) is 2.62. The largest absolute Gasteiger partial charge is 0.461 e. The van der Waals surface area contributed by atoms with Gasteiger partial charge in [-0.2, -0.15) is 5.10 Å². The molecule has 0 aliphatic heterocycles. The van der Waals surface area contributed by atoms with Gasteiger partial charge >= 0.3 is 5.97 Å². The Morgan fingerprint density at radius 3 is 3.00 bits per heavy atom. The highest BCUT2D eigenvalue weighted by atomic mass is 16.5. The quantitative estimate of drug-likeness (QED) is 0.774. The van der Waals surface area contributed by atoms with Gasteiger partial charge in [-0.05, 0) is 44.4 Å². The van der Waals surface area contributed by atoms with Gasteiger partial charge in [-0.15, -0.1) is 0 Å². The number of aromatic nitrogens is 2. The maximum atomic E-state index is 11.7. The number of hydrogen-bond acceptors (Lipinski definition) is 3. The minimum Gasteiger partial charge on any atom is -0.461 e. The zero-order chi connectivity index (χ0) is 11.2. The first-order chi connectivity index (χ1) is 7.74. The van der Waals surface area contributed by atoms with Crippen LogP contribution in [0.1, 0.15) is 47.9 Å². The van der Waals surface area contributed by atoms with Gasteiger partial charge in [-0.25, -0.2) is 4.79 Å². The van der Waals surface area contributed by atoms with Gasteiger partial charge in [0.2, 0.25) is 0 Å². The predicted molar refractivity (Wildman–Crippen MR) is 58.2 cm³/mol. The standard InChI is InChI=1S/C12H16N2O2/c1-2-16-11(15)10-8-7-12(5-6-12)4-3-9(8)13-14-10/h2-7H2,1H3,(H,13,14). The topological polar surface area (TPSA) is 55.0 Å². The van der Waals surface area contributed by atoms with Gasteiger partial charge < -0.3 is 4.74 Å². The molecule has 0 unspecified atom stereocenters. The molecular weight excluding hydrogens is 204 g/mol. The molecule has 0 radical (unpaired) electrons. The number of esters is 1. The number of aryl methyl sites for hydroxylation is 1. The molecule has 1 aromatic heterocycles. The lowest BCUT2D eigenvalue weighted by Crippen LogP contribution is -2.17. The van der Waals surface area contributed by atoms with Crippen molar-refractivity contribution in [2.45, 2.75) is 39.0 Å². The van der Waals surface area contributed by atoms with Crippen LogP contribution in [0.4, 0.5) is 0 Å². The second-order valence-corrected chi connectivity index (χ2v) is 4.93. The minimum atomic E-state index is -0.280. The van der Waals surface area contributed by atoms with E-state index in [1.807, 2.05) is 6.92 Å². The van der Waals surface area contributed by atoms with Crippen LogP contribution in [0.2, 0.25) is 0 Å². The normalized spacial score (nSPS) is 20.6. The second-order valence-electron chi connectivity index (χ2n) is 4.93. The lowest BCUT2D eigenvalue weighted by molar-refractivity contribution is 0.0517. The SMILES string of the molecule is CCOC(=O)c1n[nH]c2c1CC1(CC2)CC1. The highest BCUT2D eigenvalue weighted by molar-refractivity contribution is 5.89. The van der Waals surface area contributed by atoms with Crippen molar-refractivity contribution in [3.8, 4) is 0 Å². The van der Waals surface area contributed by atoms with E-state index >= 15 is 0 Å².